The first kappa shape index (κ1) is 17.7. The van der Waals surface area contributed by atoms with E-state index in [2.05, 4.69) is 11.9 Å². The van der Waals surface area contributed by atoms with E-state index in [1.165, 1.54) is 0 Å². The zero-order valence-electron chi connectivity index (χ0n) is 15.0. The van der Waals surface area contributed by atoms with Crippen LogP contribution in [0.2, 0.25) is 0 Å². The number of hydrogen-bond donors (Lipinski definition) is 1. The second kappa shape index (κ2) is 7.44. The predicted molar refractivity (Wildman–Crippen MR) is 102 cm³/mol. The Balaban J connectivity index is 1.77. The summed E-state index contributed by atoms with van der Waals surface area (Å²) in [5, 5.41) is 2.88. The molecule has 1 unspecified atom stereocenters. The van der Waals surface area contributed by atoms with E-state index < -0.39 is 6.10 Å². The van der Waals surface area contributed by atoms with E-state index in [0.29, 0.717) is 30.1 Å². The van der Waals surface area contributed by atoms with Crippen LogP contribution in [0.4, 0.5) is 11.4 Å². The Kier molecular flexibility index (Phi) is 5.07. The molecular weight excluding hydrogens is 328 g/mol. The van der Waals surface area contributed by atoms with Gasteiger partial charge in [0.15, 0.2) is 6.10 Å². The van der Waals surface area contributed by atoms with Crippen molar-refractivity contribution >= 4 is 23.2 Å². The van der Waals surface area contributed by atoms with Gasteiger partial charge in [-0.15, -0.1) is 0 Å². The molecule has 1 atom stereocenters. The molecule has 26 heavy (non-hydrogen) atoms. The Bertz CT molecular complexity index is 846. The highest BCUT2D eigenvalue weighted by atomic mass is 16.5. The minimum atomic E-state index is -0.572. The smallest absolute Gasteiger partial charge is 0.268 e. The number of ether oxygens (including phenoxy) is 1. The summed E-state index contributed by atoms with van der Waals surface area (Å²) in [5.41, 5.74) is 3.17. The minimum absolute atomic E-state index is 0.0960. The Labute approximate surface area is 153 Å². The second-order valence-corrected chi connectivity index (χ2v) is 6.53. The molecule has 0 saturated carbocycles. The average molecular weight is 350 g/mol. The van der Waals surface area contributed by atoms with Crippen LogP contribution in [0.15, 0.2) is 60.7 Å². The lowest BCUT2D eigenvalue weighted by Crippen LogP contribution is -2.45. The summed E-state index contributed by atoms with van der Waals surface area (Å²) in [6.07, 6.45) is -0.271. The van der Waals surface area contributed by atoms with Crippen LogP contribution in [0, 0.1) is 0 Å². The van der Waals surface area contributed by atoms with Gasteiger partial charge in [0.1, 0.15) is 5.75 Å². The number of nitrogens with zero attached hydrogens (tertiary/aromatic N) is 1. The molecule has 1 aliphatic heterocycles. The molecule has 2 amide bonds. The number of anilines is 2. The average Bonchev–Trinajstić information content (AvgIpc) is 2.59. The van der Waals surface area contributed by atoms with Gasteiger partial charge in [-0.2, -0.15) is 0 Å². The first-order valence-electron chi connectivity index (χ1n) is 8.54. The molecular formula is C21H22N2O3. The fraction of sp³-hybridized carbons (Fsp3) is 0.238. The third-order valence-corrected chi connectivity index (χ3v) is 4.09. The van der Waals surface area contributed by atoms with E-state index >= 15 is 0 Å². The van der Waals surface area contributed by atoms with Crippen molar-refractivity contribution in [2.75, 3.05) is 16.8 Å². The maximum Gasteiger partial charge on any atom is 0.268 e. The summed E-state index contributed by atoms with van der Waals surface area (Å²) in [7, 11) is 0. The topological polar surface area (TPSA) is 58.6 Å². The second-order valence-electron chi connectivity index (χ2n) is 6.53. The third kappa shape index (κ3) is 3.94. The maximum absolute atomic E-state index is 12.4. The highest BCUT2D eigenvalue weighted by Crippen LogP contribution is 2.36. The van der Waals surface area contributed by atoms with Gasteiger partial charge in [0.2, 0.25) is 5.91 Å². The quantitative estimate of drug-likeness (QED) is 0.839. The van der Waals surface area contributed by atoms with Crippen molar-refractivity contribution < 1.29 is 14.3 Å². The van der Waals surface area contributed by atoms with Crippen LogP contribution in [-0.2, 0) is 16.0 Å². The van der Waals surface area contributed by atoms with Crippen LogP contribution in [0.1, 0.15) is 19.4 Å². The molecule has 134 valence electrons. The van der Waals surface area contributed by atoms with E-state index in [-0.39, 0.29) is 11.8 Å². The first-order valence-corrected chi connectivity index (χ1v) is 8.54. The summed E-state index contributed by atoms with van der Waals surface area (Å²) >= 11 is 0. The fourth-order valence-electron chi connectivity index (χ4n) is 2.91. The van der Waals surface area contributed by atoms with Crippen LogP contribution >= 0.6 is 0 Å². The lowest BCUT2D eigenvalue weighted by molar-refractivity contribution is -0.125. The first-order chi connectivity index (χ1) is 12.4. The van der Waals surface area contributed by atoms with Gasteiger partial charge in [0, 0.05) is 18.3 Å². The summed E-state index contributed by atoms with van der Waals surface area (Å²) in [6, 6.07) is 14.9. The standard InChI is InChI=1S/C21H22N2O3/c1-14(2)13-23-18-10-9-17(12-19(18)26-15(3)21(23)25)22-20(24)11-16-7-5-4-6-8-16/h4-10,12,15H,1,11,13H2,2-3H3,(H,22,24). The number of carbonyl (C=O) groups excluding carboxylic acids is 2. The molecule has 0 aromatic heterocycles. The zero-order valence-corrected chi connectivity index (χ0v) is 15.0. The van der Waals surface area contributed by atoms with Crippen molar-refractivity contribution in [3.63, 3.8) is 0 Å². The molecule has 5 heteroatoms. The molecule has 0 radical (unpaired) electrons. The largest absolute Gasteiger partial charge is 0.479 e. The van der Waals surface area contributed by atoms with Crippen LogP contribution in [0.5, 0.6) is 5.75 Å². The molecule has 0 spiro atoms. The highest BCUT2D eigenvalue weighted by molar-refractivity contribution is 6.01. The van der Waals surface area contributed by atoms with Crippen molar-refractivity contribution in [2.24, 2.45) is 0 Å². The van der Waals surface area contributed by atoms with Gasteiger partial charge in [0.25, 0.3) is 5.91 Å². The molecule has 0 bridgehead atoms. The van der Waals surface area contributed by atoms with E-state index in [4.69, 9.17) is 4.74 Å². The van der Waals surface area contributed by atoms with E-state index in [1.807, 2.05) is 37.3 Å². The SMILES string of the molecule is C=C(C)CN1C(=O)C(C)Oc2cc(NC(=O)Cc3ccccc3)ccc21. The number of benzene rings is 2. The maximum atomic E-state index is 12.4. The summed E-state index contributed by atoms with van der Waals surface area (Å²) < 4.78 is 5.72. The van der Waals surface area contributed by atoms with Crippen molar-refractivity contribution in [2.45, 2.75) is 26.4 Å². The molecule has 0 saturated heterocycles. The number of carbonyl (C=O) groups is 2. The monoisotopic (exact) mass is 350 g/mol. The van der Waals surface area contributed by atoms with Crippen LogP contribution in [0.3, 0.4) is 0 Å². The van der Waals surface area contributed by atoms with Gasteiger partial charge in [-0.05, 0) is 31.5 Å². The van der Waals surface area contributed by atoms with Crippen LogP contribution < -0.4 is 15.0 Å². The summed E-state index contributed by atoms with van der Waals surface area (Å²) in [5.74, 6) is 0.382. The number of hydrogen-bond acceptors (Lipinski definition) is 3. The van der Waals surface area contributed by atoms with E-state index in [0.717, 1.165) is 11.1 Å². The number of rotatable bonds is 5. The zero-order chi connectivity index (χ0) is 18.7. The lowest BCUT2D eigenvalue weighted by Gasteiger charge is -2.33. The van der Waals surface area contributed by atoms with Crippen LogP contribution in [-0.4, -0.2) is 24.5 Å². The number of amides is 2. The molecule has 1 aliphatic rings. The minimum Gasteiger partial charge on any atom is -0.479 e. The molecule has 2 aromatic rings. The van der Waals surface area contributed by atoms with Crippen molar-refractivity contribution in [1.82, 2.24) is 0 Å². The Morgan fingerprint density at radius 2 is 1.96 bits per heavy atom. The lowest BCUT2D eigenvalue weighted by atomic mass is 10.1. The molecule has 1 N–H and O–H groups in total. The van der Waals surface area contributed by atoms with Gasteiger partial charge >= 0.3 is 0 Å². The predicted octanol–water partition coefficient (Wildman–Crippen LogP) is 3.56. The van der Waals surface area contributed by atoms with Gasteiger partial charge in [-0.1, -0.05) is 42.5 Å². The van der Waals surface area contributed by atoms with Gasteiger partial charge in [-0.25, -0.2) is 0 Å². The molecule has 0 aliphatic carbocycles. The van der Waals surface area contributed by atoms with Crippen molar-refractivity contribution in [3.8, 4) is 5.75 Å². The highest BCUT2D eigenvalue weighted by Gasteiger charge is 2.31. The molecule has 1 heterocycles. The Morgan fingerprint density at radius 3 is 2.65 bits per heavy atom. The normalized spacial score (nSPS) is 15.8. The van der Waals surface area contributed by atoms with Gasteiger partial charge in [0.05, 0.1) is 12.1 Å². The number of nitrogens with one attached hydrogen (secondary N) is 1. The van der Waals surface area contributed by atoms with E-state index in [9.17, 15) is 9.59 Å². The van der Waals surface area contributed by atoms with Gasteiger partial charge < -0.3 is 15.0 Å². The van der Waals surface area contributed by atoms with Gasteiger partial charge in [-0.3, -0.25) is 9.59 Å². The molecule has 5 nitrogen and oxygen atoms in total. The molecule has 0 fully saturated rings. The summed E-state index contributed by atoms with van der Waals surface area (Å²) in [6.45, 7) is 7.93. The summed E-state index contributed by atoms with van der Waals surface area (Å²) in [4.78, 5) is 26.3. The molecule has 3 rings (SSSR count). The molecule has 2 aromatic carbocycles. The third-order valence-electron chi connectivity index (χ3n) is 4.09. The Morgan fingerprint density at radius 1 is 1.23 bits per heavy atom. The van der Waals surface area contributed by atoms with E-state index in [1.54, 1.807) is 30.0 Å². The fourth-order valence-corrected chi connectivity index (χ4v) is 2.91. The van der Waals surface area contributed by atoms with Crippen molar-refractivity contribution in [1.29, 1.82) is 0 Å². The van der Waals surface area contributed by atoms with Crippen LogP contribution in [0.25, 0.3) is 0 Å². The Hall–Kier alpha value is -3.08. The number of fused-ring (bicyclic) bond motifs is 1. The van der Waals surface area contributed by atoms with Crippen molar-refractivity contribution in [3.05, 3.63) is 66.2 Å².